The second kappa shape index (κ2) is 5.53. The van der Waals surface area contributed by atoms with E-state index in [1.807, 2.05) is 50.6 Å². The topological polar surface area (TPSA) is 59.8 Å². The standard InChI is InChI=1S/C16H18N4OS/c1-9(2)14-15(22-10(3)18-14)16(21)19-11-5-6-13-12(7-11)17-8-20(13)4/h5-9H,1-4H3,(H,19,21). The first-order valence-electron chi connectivity index (χ1n) is 7.15. The van der Waals surface area contributed by atoms with Crippen LogP contribution < -0.4 is 5.32 Å². The molecule has 0 aliphatic carbocycles. The molecule has 0 unspecified atom stereocenters. The molecule has 0 radical (unpaired) electrons. The minimum atomic E-state index is -0.107. The van der Waals surface area contributed by atoms with Gasteiger partial charge in [-0.2, -0.15) is 0 Å². The fraction of sp³-hybridized carbons (Fsp3) is 0.312. The van der Waals surface area contributed by atoms with E-state index in [0.717, 1.165) is 27.4 Å². The van der Waals surface area contributed by atoms with Gasteiger partial charge in [-0.3, -0.25) is 4.79 Å². The lowest BCUT2D eigenvalue weighted by Gasteiger charge is -2.07. The summed E-state index contributed by atoms with van der Waals surface area (Å²) in [7, 11) is 1.95. The van der Waals surface area contributed by atoms with Gasteiger partial charge in [-0.05, 0) is 31.0 Å². The molecule has 0 aliphatic heterocycles. The average molecular weight is 314 g/mol. The minimum absolute atomic E-state index is 0.107. The number of carbonyl (C=O) groups excluding carboxylic acids is 1. The van der Waals surface area contributed by atoms with Crippen LogP contribution in [0.3, 0.4) is 0 Å². The predicted octanol–water partition coefficient (Wildman–Crippen LogP) is 3.71. The van der Waals surface area contributed by atoms with E-state index in [1.165, 1.54) is 11.3 Å². The number of anilines is 1. The zero-order chi connectivity index (χ0) is 15.9. The first-order chi connectivity index (χ1) is 10.5. The van der Waals surface area contributed by atoms with Gasteiger partial charge in [0.15, 0.2) is 0 Å². The maximum Gasteiger partial charge on any atom is 0.267 e. The van der Waals surface area contributed by atoms with Crippen molar-refractivity contribution in [2.24, 2.45) is 7.05 Å². The van der Waals surface area contributed by atoms with E-state index < -0.39 is 0 Å². The van der Waals surface area contributed by atoms with Crippen molar-refractivity contribution in [3.8, 4) is 0 Å². The van der Waals surface area contributed by atoms with Crippen molar-refractivity contribution in [2.45, 2.75) is 26.7 Å². The largest absolute Gasteiger partial charge is 0.334 e. The zero-order valence-corrected chi connectivity index (χ0v) is 13.9. The summed E-state index contributed by atoms with van der Waals surface area (Å²) in [6, 6.07) is 5.74. The number of nitrogens with zero attached hydrogens (tertiary/aromatic N) is 3. The van der Waals surface area contributed by atoms with Crippen molar-refractivity contribution < 1.29 is 4.79 Å². The Balaban J connectivity index is 1.89. The summed E-state index contributed by atoms with van der Waals surface area (Å²) in [6.45, 7) is 6.02. The van der Waals surface area contributed by atoms with Crippen molar-refractivity contribution in [1.82, 2.24) is 14.5 Å². The average Bonchev–Trinajstić information content (AvgIpc) is 3.03. The first-order valence-corrected chi connectivity index (χ1v) is 7.97. The molecule has 0 spiro atoms. The minimum Gasteiger partial charge on any atom is -0.334 e. The molecule has 1 amide bonds. The molecule has 2 aromatic heterocycles. The molecule has 1 aromatic carbocycles. The van der Waals surface area contributed by atoms with Gasteiger partial charge < -0.3 is 9.88 Å². The lowest BCUT2D eigenvalue weighted by Crippen LogP contribution is -2.13. The Kier molecular flexibility index (Phi) is 3.70. The summed E-state index contributed by atoms with van der Waals surface area (Å²) in [5.74, 6) is 0.119. The van der Waals surface area contributed by atoms with Gasteiger partial charge in [0.25, 0.3) is 5.91 Å². The van der Waals surface area contributed by atoms with Crippen molar-refractivity contribution in [1.29, 1.82) is 0 Å². The van der Waals surface area contributed by atoms with Gasteiger partial charge in [0.2, 0.25) is 0 Å². The van der Waals surface area contributed by atoms with E-state index in [0.29, 0.717) is 4.88 Å². The molecule has 22 heavy (non-hydrogen) atoms. The second-order valence-corrected chi connectivity index (χ2v) is 6.82. The summed E-state index contributed by atoms with van der Waals surface area (Å²) in [4.78, 5) is 22.0. The molecule has 0 atom stereocenters. The highest BCUT2D eigenvalue weighted by Gasteiger charge is 2.19. The lowest BCUT2D eigenvalue weighted by molar-refractivity contribution is 0.102. The number of thiazole rings is 1. The Morgan fingerprint density at radius 3 is 2.86 bits per heavy atom. The van der Waals surface area contributed by atoms with Crippen LogP contribution in [0, 0.1) is 6.92 Å². The number of imidazole rings is 1. The van der Waals surface area contributed by atoms with Gasteiger partial charge in [0.1, 0.15) is 4.88 Å². The summed E-state index contributed by atoms with van der Waals surface area (Å²) in [6.07, 6.45) is 1.76. The summed E-state index contributed by atoms with van der Waals surface area (Å²) in [5, 5.41) is 3.86. The molecule has 0 fully saturated rings. The highest BCUT2D eigenvalue weighted by molar-refractivity contribution is 7.13. The molecule has 0 saturated carbocycles. The Hall–Kier alpha value is -2.21. The van der Waals surface area contributed by atoms with Crippen LogP contribution in [0.25, 0.3) is 11.0 Å². The molecule has 6 heteroatoms. The fourth-order valence-electron chi connectivity index (χ4n) is 2.40. The maximum absolute atomic E-state index is 12.5. The van der Waals surface area contributed by atoms with Gasteiger partial charge in [-0.1, -0.05) is 13.8 Å². The Labute approximate surface area is 133 Å². The van der Waals surface area contributed by atoms with E-state index in [4.69, 9.17) is 0 Å². The number of benzene rings is 1. The highest BCUT2D eigenvalue weighted by atomic mass is 32.1. The lowest BCUT2D eigenvalue weighted by atomic mass is 10.1. The smallest absolute Gasteiger partial charge is 0.267 e. The van der Waals surface area contributed by atoms with E-state index in [-0.39, 0.29) is 11.8 Å². The molecule has 0 saturated heterocycles. The number of amides is 1. The molecule has 3 aromatic rings. The van der Waals surface area contributed by atoms with Crippen LogP contribution in [-0.4, -0.2) is 20.4 Å². The number of rotatable bonds is 3. The molecule has 5 nitrogen and oxygen atoms in total. The molecule has 114 valence electrons. The van der Waals surface area contributed by atoms with Crippen molar-refractivity contribution in [3.63, 3.8) is 0 Å². The normalized spacial score (nSPS) is 11.3. The third kappa shape index (κ3) is 2.62. The third-order valence-corrected chi connectivity index (χ3v) is 4.48. The Morgan fingerprint density at radius 2 is 2.14 bits per heavy atom. The molecule has 0 aliphatic rings. The van der Waals surface area contributed by atoms with Crippen molar-refractivity contribution in [2.75, 3.05) is 5.32 Å². The Morgan fingerprint density at radius 1 is 1.36 bits per heavy atom. The Bertz CT molecular complexity index is 847. The second-order valence-electron chi connectivity index (χ2n) is 5.62. The third-order valence-electron chi connectivity index (χ3n) is 3.50. The first kappa shape index (κ1) is 14.7. The van der Waals surface area contributed by atoms with E-state index >= 15 is 0 Å². The highest BCUT2D eigenvalue weighted by Crippen LogP contribution is 2.26. The summed E-state index contributed by atoms with van der Waals surface area (Å²) < 4.78 is 1.95. The van der Waals surface area contributed by atoms with Gasteiger partial charge in [-0.25, -0.2) is 9.97 Å². The number of aromatic nitrogens is 3. The maximum atomic E-state index is 12.5. The van der Waals surface area contributed by atoms with Gasteiger partial charge >= 0.3 is 0 Å². The van der Waals surface area contributed by atoms with E-state index in [1.54, 1.807) is 6.33 Å². The quantitative estimate of drug-likeness (QED) is 0.801. The van der Waals surface area contributed by atoms with Crippen LogP contribution in [0.4, 0.5) is 5.69 Å². The number of fused-ring (bicyclic) bond motifs is 1. The summed E-state index contributed by atoms with van der Waals surface area (Å²) in [5.41, 5.74) is 3.51. The van der Waals surface area contributed by atoms with Crippen LogP contribution in [-0.2, 0) is 7.05 Å². The SMILES string of the molecule is Cc1nc(C(C)C)c(C(=O)Nc2ccc3c(c2)ncn3C)s1. The van der Waals surface area contributed by atoms with Crippen molar-refractivity contribution >= 4 is 34.0 Å². The van der Waals surface area contributed by atoms with E-state index in [2.05, 4.69) is 15.3 Å². The molecule has 3 rings (SSSR count). The van der Waals surface area contributed by atoms with Crippen LogP contribution in [0.15, 0.2) is 24.5 Å². The monoisotopic (exact) mass is 314 g/mol. The molecular weight excluding hydrogens is 296 g/mol. The number of hydrogen-bond donors (Lipinski definition) is 1. The van der Waals surface area contributed by atoms with Gasteiger partial charge in [0, 0.05) is 12.7 Å². The predicted molar refractivity (Wildman–Crippen MR) is 89.6 cm³/mol. The van der Waals surface area contributed by atoms with Gasteiger partial charge in [0.05, 0.1) is 28.1 Å². The van der Waals surface area contributed by atoms with Crippen LogP contribution in [0.5, 0.6) is 0 Å². The zero-order valence-electron chi connectivity index (χ0n) is 13.0. The van der Waals surface area contributed by atoms with Crippen LogP contribution in [0.2, 0.25) is 0 Å². The van der Waals surface area contributed by atoms with E-state index in [9.17, 15) is 4.79 Å². The van der Waals surface area contributed by atoms with Crippen LogP contribution >= 0.6 is 11.3 Å². The number of carbonyl (C=O) groups is 1. The number of hydrogen-bond acceptors (Lipinski definition) is 4. The number of nitrogens with one attached hydrogen (secondary N) is 1. The van der Waals surface area contributed by atoms with Crippen molar-refractivity contribution in [3.05, 3.63) is 40.1 Å². The molecular formula is C16H18N4OS. The number of aryl methyl sites for hydroxylation is 2. The van der Waals surface area contributed by atoms with Crippen LogP contribution in [0.1, 0.15) is 40.1 Å². The molecule has 2 heterocycles. The summed E-state index contributed by atoms with van der Waals surface area (Å²) >= 11 is 1.43. The van der Waals surface area contributed by atoms with Gasteiger partial charge in [-0.15, -0.1) is 11.3 Å². The fourth-order valence-corrected chi connectivity index (χ4v) is 3.37. The molecule has 1 N–H and O–H groups in total. The molecule has 0 bridgehead atoms.